The minimum atomic E-state index is -0.0634. The van der Waals surface area contributed by atoms with Crippen molar-refractivity contribution in [3.8, 4) is 0 Å². The Bertz CT molecular complexity index is 758. The number of amides is 1. The lowest BCUT2D eigenvalue weighted by Crippen LogP contribution is -2.23. The quantitative estimate of drug-likeness (QED) is 0.565. The zero-order valence-electron chi connectivity index (χ0n) is 16.1. The second-order valence-electron chi connectivity index (χ2n) is 7.53. The average molecular weight is 370 g/mol. The van der Waals surface area contributed by atoms with Crippen LogP contribution in [-0.2, 0) is 10.2 Å². The van der Waals surface area contributed by atoms with Crippen LogP contribution in [-0.4, -0.2) is 17.4 Å². The largest absolute Gasteiger partial charge is 0.350 e. The van der Waals surface area contributed by atoms with Crippen LogP contribution in [0, 0.1) is 0 Å². The molecular formula is C22H27NO2S. The highest BCUT2D eigenvalue weighted by Crippen LogP contribution is 2.26. The summed E-state index contributed by atoms with van der Waals surface area (Å²) >= 11 is 1.56. The molecule has 1 amide bonds. The van der Waals surface area contributed by atoms with Crippen molar-refractivity contribution in [2.75, 3.05) is 5.75 Å². The molecule has 0 spiro atoms. The lowest BCUT2D eigenvalue weighted by Gasteiger charge is -2.19. The number of ketones is 1. The molecule has 138 valence electrons. The molecule has 0 fully saturated rings. The number of hydrogen-bond acceptors (Lipinski definition) is 3. The predicted molar refractivity (Wildman–Crippen MR) is 109 cm³/mol. The molecule has 3 nitrogen and oxygen atoms in total. The molecule has 0 bridgehead atoms. The molecule has 1 unspecified atom stereocenters. The summed E-state index contributed by atoms with van der Waals surface area (Å²) in [7, 11) is 0. The molecule has 0 saturated heterocycles. The van der Waals surface area contributed by atoms with Crippen LogP contribution in [0.2, 0.25) is 0 Å². The van der Waals surface area contributed by atoms with Gasteiger partial charge in [0.2, 0.25) is 5.91 Å². The van der Waals surface area contributed by atoms with Crippen molar-refractivity contribution in [3.05, 3.63) is 65.2 Å². The molecular weight excluding hydrogens is 342 g/mol. The van der Waals surface area contributed by atoms with Gasteiger partial charge < -0.3 is 5.32 Å². The van der Waals surface area contributed by atoms with E-state index in [9.17, 15) is 9.59 Å². The Morgan fingerprint density at radius 3 is 2.08 bits per heavy atom. The van der Waals surface area contributed by atoms with Gasteiger partial charge in [-0.3, -0.25) is 9.59 Å². The number of carbonyl (C=O) groups excluding carboxylic acids is 2. The maximum atomic E-state index is 12.4. The highest BCUT2D eigenvalue weighted by Gasteiger charge is 2.13. The molecule has 0 aliphatic carbocycles. The number of thioether (sulfide) groups is 1. The van der Waals surface area contributed by atoms with E-state index in [1.807, 2.05) is 31.2 Å². The van der Waals surface area contributed by atoms with E-state index in [2.05, 4.69) is 50.4 Å². The fraction of sp³-hybridized carbons (Fsp3) is 0.364. The van der Waals surface area contributed by atoms with E-state index in [1.54, 1.807) is 11.8 Å². The van der Waals surface area contributed by atoms with Crippen molar-refractivity contribution < 1.29 is 9.59 Å². The fourth-order valence-electron chi connectivity index (χ4n) is 2.63. The first-order chi connectivity index (χ1) is 12.2. The van der Waals surface area contributed by atoms with E-state index in [0.717, 1.165) is 10.5 Å². The minimum Gasteiger partial charge on any atom is -0.350 e. The van der Waals surface area contributed by atoms with Gasteiger partial charge in [0.15, 0.2) is 5.78 Å². The molecule has 2 rings (SSSR count). The summed E-state index contributed by atoms with van der Waals surface area (Å²) in [5.41, 5.74) is 3.11. The summed E-state index contributed by atoms with van der Waals surface area (Å²) in [6.45, 7) is 9.99. The molecule has 0 saturated carbocycles. The second kappa shape index (κ2) is 8.54. The van der Waals surface area contributed by atoms with Crippen molar-refractivity contribution in [1.29, 1.82) is 0 Å². The van der Waals surface area contributed by atoms with Crippen LogP contribution in [0.15, 0.2) is 53.4 Å². The summed E-state index contributed by atoms with van der Waals surface area (Å²) in [5.74, 6) is 0.454. The van der Waals surface area contributed by atoms with Crippen molar-refractivity contribution in [2.45, 2.75) is 51.0 Å². The monoisotopic (exact) mass is 369 g/mol. The SMILES string of the molecule is CC(=O)NC(C)c1ccc(C(=O)CSc2ccc(C(C)(C)C)cc2)cc1. The van der Waals surface area contributed by atoms with Crippen molar-refractivity contribution in [1.82, 2.24) is 5.32 Å². The standard InChI is InChI=1S/C22H27NO2S/c1-15(23-16(2)24)17-6-8-18(9-7-17)21(25)14-26-20-12-10-19(11-13-20)22(3,4)5/h6-13,15H,14H2,1-5H3,(H,23,24). The molecule has 0 aromatic heterocycles. The molecule has 0 radical (unpaired) electrons. The zero-order chi connectivity index (χ0) is 19.3. The van der Waals surface area contributed by atoms with Gasteiger partial charge in [-0.05, 0) is 35.6 Å². The Balaban J connectivity index is 1.94. The molecule has 2 aromatic rings. The molecule has 0 aliphatic heterocycles. The van der Waals surface area contributed by atoms with Crippen LogP contribution in [0.3, 0.4) is 0 Å². The molecule has 4 heteroatoms. The van der Waals surface area contributed by atoms with Crippen molar-refractivity contribution in [2.24, 2.45) is 0 Å². The number of hydrogen-bond donors (Lipinski definition) is 1. The van der Waals surface area contributed by atoms with Gasteiger partial charge in [0.25, 0.3) is 0 Å². The first kappa shape index (κ1) is 20.2. The van der Waals surface area contributed by atoms with E-state index < -0.39 is 0 Å². The number of rotatable bonds is 6. The van der Waals surface area contributed by atoms with Crippen LogP contribution in [0.25, 0.3) is 0 Å². The number of carbonyl (C=O) groups is 2. The summed E-state index contributed by atoms with van der Waals surface area (Å²) in [4.78, 5) is 24.6. The molecule has 1 atom stereocenters. The van der Waals surface area contributed by atoms with E-state index >= 15 is 0 Å². The van der Waals surface area contributed by atoms with Gasteiger partial charge in [-0.25, -0.2) is 0 Å². The fourth-order valence-corrected chi connectivity index (χ4v) is 3.42. The van der Waals surface area contributed by atoms with E-state index in [1.165, 1.54) is 12.5 Å². The summed E-state index contributed by atoms with van der Waals surface area (Å²) < 4.78 is 0. The molecule has 0 aliphatic rings. The normalized spacial score (nSPS) is 12.5. The van der Waals surface area contributed by atoms with Crippen LogP contribution in [0.5, 0.6) is 0 Å². The summed E-state index contributed by atoms with van der Waals surface area (Å²) in [6.07, 6.45) is 0. The first-order valence-corrected chi connectivity index (χ1v) is 9.79. The first-order valence-electron chi connectivity index (χ1n) is 8.80. The number of Topliss-reactive ketones (excluding diaryl/α,β-unsaturated/α-hetero) is 1. The third-order valence-electron chi connectivity index (χ3n) is 4.24. The lowest BCUT2D eigenvalue weighted by molar-refractivity contribution is -0.119. The Morgan fingerprint density at radius 2 is 1.58 bits per heavy atom. The van der Waals surface area contributed by atoms with Crippen LogP contribution < -0.4 is 5.32 Å². The molecule has 1 N–H and O–H groups in total. The van der Waals surface area contributed by atoms with E-state index in [0.29, 0.717) is 11.3 Å². The third kappa shape index (κ3) is 5.73. The van der Waals surface area contributed by atoms with Gasteiger partial charge in [0, 0.05) is 17.4 Å². The van der Waals surface area contributed by atoms with E-state index in [-0.39, 0.29) is 23.1 Å². The number of nitrogens with one attached hydrogen (secondary N) is 1. The summed E-state index contributed by atoms with van der Waals surface area (Å²) in [6, 6.07) is 15.8. The van der Waals surface area contributed by atoms with Crippen LogP contribution in [0.4, 0.5) is 0 Å². The van der Waals surface area contributed by atoms with Crippen LogP contribution >= 0.6 is 11.8 Å². The van der Waals surface area contributed by atoms with Gasteiger partial charge >= 0.3 is 0 Å². The third-order valence-corrected chi connectivity index (χ3v) is 5.25. The Morgan fingerprint density at radius 1 is 1.00 bits per heavy atom. The van der Waals surface area contributed by atoms with Gasteiger partial charge in [-0.1, -0.05) is 57.2 Å². The van der Waals surface area contributed by atoms with Gasteiger partial charge in [-0.2, -0.15) is 0 Å². The average Bonchev–Trinajstić information content (AvgIpc) is 2.59. The van der Waals surface area contributed by atoms with Gasteiger partial charge in [-0.15, -0.1) is 11.8 Å². The van der Waals surface area contributed by atoms with Crippen molar-refractivity contribution >= 4 is 23.5 Å². The van der Waals surface area contributed by atoms with Crippen molar-refractivity contribution in [3.63, 3.8) is 0 Å². The lowest BCUT2D eigenvalue weighted by atomic mass is 9.87. The maximum absolute atomic E-state index is 12.4. The summed E-state index contributed by atoms with van der Waals surface area (Å²) in [5, 5.41) is 2.84. The maximum Gasteiger partial charge on any atom is 0.217 e. The zero-order valence-corrected chi connectivity index (χ0v) is 16.9. The van der Waals surface area contributed by atoms with Gasteiger partial charge in [0.1, 0.15) is 0 Å². The predicted octanol–water partition coefficient (Wildman–Crippen LogP) is 5.16. The number of benzene rings is 2. The smallest absolute Gasteiger partial charge is 0.217 e. The molecule has 0 heterocycles. The highest BCUT2D eigenvalue weighted by atomic mass is 32.2. The van der Waals surface area contributed by atoms with E-state index in [4.69, 9.17) is 0 Å². The van der Waals surface area contributed by atoms with Gasteiger partial charge in [0.05, 0.1) is 11.8 Å². The topological polar surface area (TPSA) is 46.2 Å². The Labute approximate surface area is 160 Å². The van der Waals surface area contributed by atoms with Crippen LogP contribution in [0.1, 0.15) is 62.1 Å². The Kier molecular flexibility index (Phi) is 6.65. The molecule has 26 heavy (non-hydrogen) atoms. The minimum absolute atomic E-state index is 0.0626. The highest BCUT2D eigenvalue weighted by molar-refractivity contribution is 8.00. The Hall–Kier alpha value is -2.07. The molecule has 2 aromatic carbocycles. The second-order valence-corrected chi connectivity index (χ2v) is 8.58.